The van der Waals surface area contributed by atoms with Crippen molar-refractivity contribution in [2.24, 2.45) is 35.5 Å². The third-order valence-corrected chi connectivity index (χ3v) is 12.9. The Morgan fingerprint density at radius 3 is 1.38 bits per heavy atom. The van der Waals surface area contributed by atoms with Crippen LogP contribution in [0.4, 0.5) is 0 Å². The topological polar surface area (TPSA) is 209 Å². The molecule has 14 heteroatoms. The summed E-state index contributed by atoms with van der Waals surface area (Å²) in [7, 11) is 0. The van der Waals surface area contributed by atoms with Crippen LogP contribution in [0.25, 0.3) is 21.8 Å². The van der Waals surface area contributed by atoms with Gasteiger partial charge in [-0.25, -0.2) is 0 Å². The van der Waals surface area contributed by atoms with Crippen molar-refractivity contribution in [3.05, 3.63) is 94.3 Å². The Kier molecular flexibility index (Phi) is 12.2. The van der Waals surface area contributed by atoms with E-state index in [-0.39, 0.29) is 17.8 Å². The first-order valence-electron chi connectivity index (χ1n) is 20.7. The van der Waals surface area contributed by atoms with Crippen molar-refractivity contribution in [3.63, 3.8) is 0 Å². The van der Waals surface area contributed by atoms with E-state index >= 15 is 0 Å². The fourth-order valence-corrected chi connectivity index (χ4v) is 9.63. The second-order valence-electron chi connectivity index (χ2n) is 16.8. The Morgan fingerprint density at radius 2 is 0.983 bits per heavy atom. The van der Waals surface area contributed by atoms with Crippen molar-refractivity contribution in [3.8, 4) is 0 Å². The molecule has 3 aliphatic heterocycles. The molecule has 8 rings (SSSR count). The van der Waals surface area contributed by atoms with Gasteiger partial charge in [0, 0.05) is 30.4 Å². The molecule has 0 aliphatic carbocycles. The number of carboxylic acid groups (broad SMARTS) is 3. The lowest BCUT2D eigenvalue weighted by Crippen LogP contribution is -2.27. The average Bonchev–Trinajstić information content (AvgIpc) is 4.07. The number of carbonyl (C=O) groups is 3. The minimum Gasteiger partial charge on any atom is -0.481 e. The molecule has 0 radical (unpaired) electrons. The number of H-pyrrole nitrogens is 2. The van der Waals surface area contributed by atoms with Crippen molar-refractivity contribution in [1.82, 2.24) is 41.2 Å². The van der Waals surface area contributed by atoms with Crippen LogP contribution in [0.2, 0.25) is 0 Å². The molecule has 3 aliphatic rings. The first-order valence-corrected chi connectivity index (χ1v) is 20.7. The Balaban J connectivity index is 1.08. The van der Waals surface area contributed by atoms with E-state index in [2.05, 4.69) is 65.5 Å². The van der Waals surface area contributed by atoms with Crippen molar-refractivity contribution in [2.75, 3.05) is 39.3 Å². The van der Waals surface area contributed by atoms with E-state index in [1.165, 1.54) is 0 Å². The highest BCUT2D eigenvalue weighted by molar-refractivity contribution is 5.83. The van der Waals surface area contributed by atoms with Gasteiger partial charge in [0.25, 0.3) is 0 Å². The lowest BCUT2D eigenvalue weighted by molar-refractivity contribution is -0.144. The smallest absolute Gasteiger partial charge is 0.307 e. The summed E-state index contributed by atoms with van der Waals surface area (Å²) >= 11 is 0. The quantitative estimate of drug-likeness (QED) is 0.0629. The van der Waals surface area contributed by atoms with Crippen LogP contribution in [-0.4, -0.2) is 97.8 Å². The second kappa shape index (κ2) is 17.8. The predicted octanol–water partition coefficient (Wildman–Crippen LogP) is 4.20. The highest BCUT2D eigenvalue weighted by Crippen LogP contribution is 2.30. The van der Waals surface area contributed by atoms with Gasteiger partial charge in [-0.05, 0) is 142 Å². The van der Waals surface area contributed by atoms with Gasteiger partial charge in [0.2, 0.25) is 0 Å². The third kappa shape index (κ3) is 9.10. The molecule has 0 saturated carbocycles. The van der Waals surface area contributed by atoms with Gasteiger partial charge >= 0.3 is 17.9 Å². The zero-order valence-corrected chi connectivity index (χ0v) is 32.8. The normalized spacial score (nSPS) is 21.2. The molecule has 5 heterocycles. The number of nitrogens with one attached hydrogen (secondary N) is 5. The molecule has 6 atom stereocenters. The molecule has 8 N–H and O–H groups in total. The van der Waals surface area contributed by atoms with Crippen LogP contribution in [-0.2, 0) is 53.3 Å². The molecule has 3 saturated heterocycles. The highest BCUT2D eigenvalue weighted by Gasteiger charge is 2.33. The summed E-state index contributed by atoms with van der Waals surface area (Å²) in [6, 6.07) is 20.2. The Morgan fingerprint density at radius 1 is 0.569 bits per heavy atom. The number of aromatic amines is 2. The van der Waals surface area contributed by atoms with Crippen LogP contribution in [0.5, 0.6) is 0 Å². The summed E-state index contributed by atoms with van der Waals surface area (Å²) in [5.74, 6) is -3.45. The first-order chi connectivity index (χ1) is 28.2. The molecule has 2 aromatic heterocycles. The number of nitrogens with zero attached hydrogens (tertiary/aromatic N) is 3. The van der Waals surface area contributed by atoms with Gasteiger partial charge in [-0.2, -0.15) is 10.2 Å². The molecule has 14 nitrogen and oxygen atoms in total. The van der Waals surface area contributed by atoms with Crippen LogP contribution in [0, 0.1) is 35.5 Å². The molecule has 58 heavy (non-hydrogen) atoms. The number of aromatic nitrogens is 4. The van der Waals surface area contributed by atoms with Crippen molar-refractivity contribution in [1.29, 1.82) is 0 Å². The SMILES string of the molecule is O=C(O)C(Cc1cccc(CN(Cc2[nH]nc3ccc(CC(C(=O)O)C4CCNC4)cc23)Cc2[nH]nc3ccc(CC(C(=O)O)C4CCNC4)cc23)c1)C1CCNC1. The third-order valence-electron chi connectivity index (χ3n) is 12.9. The summed E-state index contributed by atoms with van der Waals surface area (Å²) in [6.45, 7) is 6.17. The standard InChI is InChI=1S/C44H54N8O6/c53-42(54)33(30-8-11-45-20-30)15-26-2-1-3-29(14-26)23-52(24-40-36-18-27(4-6-38(36)48-50-40)16-34(43(55)56)31-9-12-46-21-31)25-41-37-19-28(5-7-39(37)49-51-41)17-35(44(57)58)32-10-13-47-22-32/h1-7,14,18-19,30-35,45-47H,8-13,15-17,20-25H2,(H,48,50)(H,49,51)(H,53,54)(H,55,56)(H,57,58). The molecule has 3 fully saturated rings. The van der Waals surface area contributed by atoms with Gasteiger partial charge in [0.1, 0.15) is 0 Å². The minimum absolute atomic E-state index is 0.0864. The molecule has 0 amide bonds. The Labute approximate surface area is 337 Å². The minimum atomic E-state index is -0.770. The van der Waals surface area contributed by atoms with Gasteiger partial charge in [0.05, 0.1) is 40.2 Å². The van der Waals surface area contributed by atoms with Gasteiger partial charge in [-0.1, -0.05) is 36.4 Å². The van der Waals surface area contributed by atoms with E-state index in [9.17, 15) is 29.7 Å². The molecular weight excluding hydrogens is 737 g/mol. The first kappa shape index (κ1) is 39.7. The van der Waals surface area contributed by atoms with Crippen LogP contribution in [0.15, 0.2) is 60.7 Å². The van der Waals surface area contributed by atoms with Gasteiger partial charge in [-0.15, -0.1) is 0 Å². The number of carboxylic acids is 3. The van der Waals surface area contributed by atoms with Crippen LogP contribution in [0.1, 0.15) is 52.9 Å². The molecule has 306 valence electrons. The summed E-state index contributed by atoms with van der Waals surface area (Å²) in [6.07, 6.45) is 3.89. The van der Waals surface area contributed by atoms with Crippen LogP contribution < -0.4 is 16.0 Å². The number of aliphatic carboxylic acids is 3. The van der Waals surface area contributed by atoms with E-state index < -0.39 is 35.7 Å². The number of hydrogen-bond donors (Lipinski definition) is 8. The average molecular weight is 791 g/mol. The van der Waals surface area contributed by atoms with Crippen molar-refractivity contribution >= 4 is 39.7 Å². The molecule has 3 aromatic carbocycles. The molecule has 0 bridgehead atoms. The fourth-order valence-electron chi connectivity index (χ4n) is 9.63. The van der Waals surface area contributed by atoms with E-state index in [0.29, 0.717) is 58.5 Å². The van der Waals surface area contributed by atoms with Crippen LogP contribution in [0.3, 0.4) is 0 Å². The number of rotatable bonds is 18. The monoisotopic (exact) mass is 790 g/mol. The maximum Gasteiger partial charge on any atom is 0.307 e. The van der Waals surface area contributed by atoms with Crippen LogP contribution >= 0.6 is 0 Å². The van der Waals surface area contributed by atoms with E-state index in [1.807, 2.05) is 36.4 Å². The predicted molar refractivity (Wildman–Crippen MR) is 219 cm³/mol. The maximum atomic E-state index is 12.4. The Bertz CT molecular complexity index is 2120. The number of benzene rings is 3. The van der Waals surface area contributed by atoms with E-state index in [0.717, 1.165) is 94.3 Å². The summed E-state index contributed by atoms with van der Waals surface area (Å²) < 4.78 is 0. The lowest BCUT2D eigenvalue weighted by Gasteiger charge is -2.23. The number of fused-ring (bicyclic) bond motifs is 2. The Hall–Kier alpha value is -5.15. The van der Waals surface area contributed by atoms with E-state index in [4.69, 9.17) is 0 Å². The maximum absolute atomic E-state index is 12.4. The largest absolute Gasteiger partial charge is 0.481 e. The zero-order chi connectivity index (χ0) is 40.2. The fraction of sp³-hybridized carbons (Fsp3) is 0.477. The molecule has 5 aromatic rings. The number of hydrogen-bond acceptors (Lipinski definition) is 9. The summed E-state index contributed by atoms with van der Waals surface area (Å²) in [5, 5.41) is 58.1. The van der Waals surface area contributed by atoms with Gasteiger partial charge in [-0.3, -0.25) is 29.5 Å². The van der Waals surface area contributed by atoms with Gasteiger partial charge in [0.15, 0.2) is 0 Å². The summed E-state index contributed by atoms with van der Waals surface area (Å²) in [5.41, 5.74) is 7.36. The van der Waals surface area contributed by atoms with E-state index in [1.54, 1.807) is 0 Å². The molecular formula is C44H54N8O6. The molecule has 0 spiro atoms. The molecule has 6 unspecified atom stereocenters. The highest BCUT2D eigenvalue weighted by atomic mass is 16.4. The van der Waals surface area contributed by atoms with Crippen molar-refractivity contribution in [2.45, 2.75) is 58.2 Å². The summed E-state index contributed by atoms with van der Waals surface area (Å²) in [4.78, 5) is 39.4. The van der Waals surface area contributed by atoms with Gasteiger partial charge < -0.3 is 31.3 Å². The second-order valence-corrected chi connectivity index (χ2v) is 16.8. The lowest BCUT2D eigenvalue weighted by atomic mass is 9.86. The zero-order valence-electron chi connectivity index (χ0n) is 32.8. The van der Waals surface area contributed by atoms with Crippen molar-refractivity contribution < 1.29 is 29.7 Å².